The van der Waals surface area contributed by atoms with Gasteiger partial charge in [-0.3, -0.25) is 4.79 Å². The number of carbonyl (C=O) groups is 1. The molecule has 2 aromatic heterocycles. The second kappa shape index (κ2) is 9.88. The number of aromatic hydroxyl groups is 1. The van der Waals surface area contributed by atoms with E-state index in [-0.39, 0.29) is 28.1 Å². The smallest absolute Gasteiger partial charge is 0.416 e. The molecular weight excluding hydrogens is 531 g/mol. The Bertz CT molecular complexity index is 1740. The number of benzene rings is 3. The van der Waals surface area contributed by atoms with E-state index in [4.69, 9.17) is 17.3 Å². The lowest BCUT2D eigenvalue weighted by Gasteiger charge is -2.16. The van der Waals surface area contributed by atoms with E-state index in [0.29, 0.717) is 33.2 Å². The molecule has 7 nitrogen and oxygen atoms in total. The molecule has 0 bridgehead atoms. The van der Waals surface area contributed by atoms with Crippen molar-refractivity contribution in [2.75, 3.05) is 11.1 Å². The number of phenols is 1. The zero-order valence-electron chi connectivity index (χ0n) is 20.2. The Morgan fingerprint density at radius 1 is 1.00 bits per heavy atom. The first-order chi connectivity index (χ1) is 18.5. The van der Waals surface area contributed by atoms with E-state index < -0.39 is 17.6 Å². The first-order valence-corrected chi connectivity index (χ1v) is 11.9. The zero-order valence-corrected chi connectivity index (χ0v) is 21.0. The van der Waals surface area contributed by atoms with Gasteiger partial charge in [0.05, 0.1) is 16.6 Å². The number of halogens is 4. The van der Waals surface area contributed by atoms with Crippen LogP contribution in [0.5, 0.6) is 5.75 Å². The van der Waals surface area contributed by atoms with E-state index in [1.165, 1.54) is 24.5 Å². The number of alkyl halides is 3. The number of fused-ring (bicyclic) bond motifs is 1. The summed E-state index contributed by atoms with van der Waals surface area (Å²) in [6.07, 6.45) is -1.53. The topological polar surface area (TPSA) is 114 Å². The van der Waals surface area contributed by atoms with Gasteiger partial charge in [0.1, 0.15) is 10.9 Å². The van der Waals surface area contributed by atoms with Crippen molar-refractivity contribution < 1.29 is 23.1 Å². The summed E-state index contributed by atoms with van der Waals surface area (Å²) in [6, 6.07) is 14.1. The van der Waals surface area contributed by atoms with Crippen LogP contribution in [0.3, 0.4) is 0 Å². The van der Waals surface area contributed by atoms with Crippen LogP contribution < -0.4 is 11.1 Å². The predicted molar refractivity (Wildman–Crippen MR) is 143 cm³/mol. The SMILES string of the molecule is Cc1ccc(C(=O)Nc2cccc(C(F)(F)F)c2)cc1-c1cc2cnc(N)nc2c(-c2ccc(Cl)nc2)c1O. The number of pyridine rings is 1. The van der Waals surface area contributed by atoms with Crippen LogP contribution in [-0.2, 0) is 6.18 Å². The Morgan fingerprint density at radius 2 is 1.79 bits per heavy atom. The maximum Gasteiger partial charge on any atom is 0.416 e. The fraction of sp³-hybridized carbons (Fsp3) is 0.0714. The summed E-state index contributed by atoms with van der Waals surface area (Å²) in [4.78, 5) is 25.5. The van der Waals surface area contributed by atoms with E-state index in [2.05, 4.69) is 20.3 Å². The van der Waals surface area contributed by atoms with Crippen molar-refractivity contribution in [3.05, 3.63) is 94.9 Å². The standard InChI is InChI=1S/C28H19ClF3N5O2/c1-14-5-6-15(26(39)36-19-4-2-3-18(11-19)28(30,31)32)9-20(14)21-10-17-13-35-27(33)37-24(17)23(25(21)38)16-7-8-22(29)34-12-16/h2-13,38H,1H3,(H,36,39)(H2,33,35,37). The molecule has 0 aliphatic rings. The van der Waals surface area contributed by atoms with Crippen molar-refractivity contribution in [1.82, 2.24) is 15.0 Å². The second-order valence-electron chi connectivity index (χ2n) is 8.75. The number of hydrogen-bond acceptors (Lipinski definition) is 6. The summed E-state index contributed by atoms with van der Waals surface area (Å²) in [5.41, 5.74) is 8.02. The Balaban J connectivity index is 1.61. The monoisotopic (exact) mass is 549 g/mol. The third-order valence-electron chi connectivity index (χ3n) is 6.12. The summed E-state index contributed by atoms with van der Waals surface area (Å²) in [5, 5.41) is 14.8. The van der Waals surface area contributed by atoms with Gasteiger partial charge in [-0.15, -0.1) is 0 Å². The van der Waals surface area contributed by atoms with Crippen LogP contribution >= 0.6 is 11.6 Å². The van der Waals surface area contributed by atoms with Crippen molar-refractivity contribution in [2.45, 2.75) is 13.1 Å². The second-order valence-corrected chi connectivity index (χ2v) is 9.13. The summed E-state index contributed by atoms with van der Waals surface area (Å²) < 4.78 is 39.3. The lowest BCUT2D eigenvalue weighted by atomic mass is 9.92. The van der Waals surface area contributed by atoms with Gasteiger partial charge in [0.15, 0.2) is 0 Å². The molecule has 0 aliphatic heterocycles. The summed E-state index contributed by atoms with van der Waals surface area (Å²) >= 11 is 5.95. The molecule has 5 aromatic rings. The number of nitrogen functional groups attached to an aromatic ring is 1. The van der Waals surface area contributed by atoms with Crippen molar-refractivity contribution in [2.24, 2.45) is 0 Å². The Morgan fingerprint density at radius 3 is 2.51 bits per heavy atom. The number of hydrogen-bond donors (Lipinski definition) is 3. The molecule has 0 radical (unpaired) electrons. The number of nitrogens with two attached hydrogens (primary N) is 1. The molecular formula is C28H19ClF3N5O2. The number of aromatic nitrogens is 3. The minimum atomic E-state index is -4.54. The molecule has 0 aliphatic carbocycles. The molecule has 0 saturated heterocycles. The molecule has 196 valence electrons. The zero-order chi connectivity index (χ0) is 27.9. The highest BCUT2D eigenvalue weighted by Crippen LogP contribution is 2.44. The van der Waals surface area contributed by atoms with E-state index in [0.717, 1.165) is 17.7 Å². The Labute approximate surface area is 225 Å². The molecule has 0 unspecified atom stereocenters. The highest BCUT2D eigenvalue weighted by atomic mass is 35.5. The predicted octanol–water partition coefficient (Wildman–Crippen LogP) is 6.88. The average molecular weight is 550 g/mol. The molecule has 0 saturated carbocycles. The minimum absolute atomic E-state index is 0.00207. The molecule has 11 heteroatoms. The normalized spacial score (nSPS) is 11.5. The number of amides is 1. The fourth-order valence-corrected chi connectivity index (χ4v) is 4.33. The maximum absolute atomic E-state index is 13.1. The van der Waals surface area contributed by atoms with Gasteiger partial charge in [-0.25, -0.2) is 15.0 Å². The average Bonchev–Trinajstić information content (AvgIpc) is 2.89. The van der Waals surface area contributed by atoms with Crippen molar-refractivity contribution >= 4 is 40.0 Å². The van der Waals surface area contributed by atoms with Gasteiger partial charge in [0, 0.05) is 40.2 Å². The van der Waals surface area contributed by atoms with Gasteiger partial charge in [-0.2, -0.15) is 13.2 Å². The highest BCUT2D eigenvalue weighted by molar-refractivity contribution is 6.29. The van der Waals surface area contributed by atoms with Crippen LogP contribution in [0.4, 0.5) is 24.8 Å². The first-order valence-electron chi connectivity index (χ1n) is 11.5. The number of anilines is 2. The highest BCUT2D eigenvalue weighted by Gasteiger charge is 2.30. The van der Waals surface area contributed by atoms with Crippen LogP contribution in [0.2, 0.25) is 5.15 Å². The largest absolute Gasteiger partial charge is 0.507 e. The number of rotatable bonds is 4. The van der Waals surface area contributed by atoms with E-state index >= 15 is 0 Å². The summed E-state index contributed by atoms with van der Waals surface area (Å²) in [6.45, 7) is 1.80. The Kier molecular flexibility index (Phi) is 6.57. The third-order valence-corrected chi connectivity index (χ3v) is 6.34. The molecule has 4 N–H and O–H groups in total. The molecule has 39 heavy (non-hydrogen) atoms. The van der Waals surface area contributed by atoms with Crippen LogP contribution in [0.25, 0.3) is 33.2 Å². The lowest BCUT2D eigenvalue weighted by molar-refractivity contribution is -0.137. The number of nitrogens with one attached hydrogen (secondary N) is 1. The fourth-order valence-electron chi connectivity index (χ4n) is 4.21. The molecule has 5 rings (SSSR count). The number of phenolic OH excluding ortho intramolecular Hbond substituents is 1. The van der Waals surface area contributed by atoms with Gasteiger partial charge in [0.2, 0.25) is 5.95 Å². The van der Waals surface area contributed by atoms with Crippen LogP contribution in [0, 0.1) is 6.92 Å². The van der Waals surface area contributed by atoms with Crippen LogP contribution in [0.15, 0.2) is 73.1 Å². The molecule has 2 heterocycles. The molecule has 0 atom stereocenters. The van der Waals surface area contributed by atoms with Gasteiger partial charge in [-0.05, 0) is 66.6 Å². The molecule has 1 amide bonds. The van der Waals surface area contributed by atoms with Crippen molar-refractivity contribution in [1.29, 1.82) is 0 Å². The van der Waals surface area contributed by atoms with Gasteiger partial charge in [-0.1, -0.05) is 23.7 Å². The van der Waals surface area contributed by atoms with E-state index in [1.807, 2.05) is 0 Å². The van der Waals surface area contributed by atoms with Gasteiger partial charge in [0.25, 0.3) is 5.91 Å². The Hall–Kier alpha value is -4.70. The lowest BCUT2D eigenvalue weighted by Crippen LogP contribution is -2.13. The third kappa shape index (κ3) is 5.19. The molecule has 3 aromatic carbocycles. The van der Waals surface area contributed by atoms with Gasteiger partial charge < -0.3 is 16.2 Å². The van der Waals surface area contributed by atoms with E-state index in [1.54, 1.807) is 43.3 Å². The van der Waals surface area contributed by atoms with E-state index in [9.17, 15) is 23.1 Å². The quantitative estimate of drug-likeness (QED) is 0.211. The number of carbonyl (C=O) groups excluding carboxylic acids is 1. The van der Waals surface area contributed by atoms with Crippen LogP contribution in [0.1, 0.15) is 21.5 Å². The first kappa shape index (κ1) is 25.9. The summed E-state index contributed by atoms with van der Waals surface area (Å²) in [7, 11) is 0. The number of aryl methyl sites for hydroxylation is 1. The molecule has 0 fully saturated rings. The van der Waals surface area contributed by atoms with Crippen molar-refractivity contribution in [3.8, 4) is 28.0 Å². The van der Waals surface area contributed by atoms with Crippen LogP contribution in [-0.4, -0.2) is 26.0 Å². The maximum atomic E-state index is 13.1. The van der Waals surface area contributed by atoms with Crippen molar-refractivity contribution in [3.63, 3.8) is 0 Å². The number of nitrogens with zero attached hydrogens (tertiary/aromatic N) is 3. The molecule has 0 spiro atoms. The summed E-state index contributed by atoms with van der Waals surface area (Å²) in [5.74, 6) is -0.736. The minimum Gasteiger partial charge on any atom is -0.507 e. The van der Waals surface area contributed by atoms with Gasteiger partial charge >= 0.3 is 6.18 Å².